The van der Waals surface area contributed by atoms with E-state index < -0.39 is 0 Å². The molecule has 1 aromatic heterocycles. The van der Waals surface area contributed by atoms with Crippen molar-refractivity contribution >= 4 is 11.9 Å². The maximum absolute atomic E-state index is 12.0. The lowest BCUT2D eigenvalue weighted by Gasteiger charge is -2.32. The van der Waals surface area contributed by atoms with Gasteiger partial charge in [-0.25, -0.2) is 4.98 Å². The normalized spacial score (nSPS) is 15.9. The Bertz CT molecular complexity index is 486. The maximum atomic E-state index is 12.0. The molecule has 0 atom stereocenters. The van der Waals surface area contributed by atoms with E-state index in [0.29, 0.717) is 30.5 Å². The first-order valence-electron chi connectivity index (χ1n) is 7.37. The second-order valence-corrected chi connectivity index (χ2v) is 4.97. The number of piperazine rings is 1. The van der Waals surface area contributed by atoms with Crippen LogP contribution in [0.1, 0.15) is 24.2 Å². The quantitative estimate of drug-likeness (QED) is 0.846. The zero-order valence-electron chi connectivity index (χ0n) is 12.9. The summed E-state index contributed by atoms with van der Waals surface area (Å²) in [5.74, 6) is 0.776. The number of ether oxygens (including phenoxy) is 1. The molecular formula is C14H23N5O2. The van der Waals surface area contributed by atoms with E-state index in [2.05, 4.69) is 32.1 Å². The molecule has 0 spiro atoms. The molecule has 1 aromatic rings. The van der Waals surface area contributed by atoms with Crippen LogP contribution in [0.4, 0.5) is 5.95 Å². The Morgan fingerprint density at radius 1 is 1.33 bits per heavy atom. The summed E-state index contributed by atoms with van der Waals surface area (Å²) < 4.78 is 5.51. The number of carbonyl (C=O) groups is 1. The molecule has 0 aliphatic carbocycles. The first-order valence-corrected chi connectivity index (χ1v) is 7.37. The molecule has 7 heteroatoms. The monoisotopic (exact) mass is 293 g/mol. The van der Waals surface area contributed by atoms with Crippen molar-refractivity contribution in [1.29, 1.82) is 0 Å². The molecule has 2 heterocycles. The van der Waals surface area contributed by atoms with E-state index in [4.69, 9.17) is 4.74 Å². The van der Waals surface area contributed by atoms with Crippen molar-refractivity contribution in [2.45, 2.75) is 13.8 Å². The van der Waals surface area contributed by atoms with Gasteiger partial charge in [-0.3, -0.25) is 4.79 Å². The highest BCUT2D eigenvalue weighted by atomic mass is 16.5. The summed E-state index contributed by atoms with van der Waals surface area (Å²) in [6.07, 6.45) is 1.55. The number of amides is 1. The maximum Gasteiger partial charge on any atom is 0.258 e. The highest BCUT2D eigenvalue weighted by Gasteiger charge is 2.20. The largest absolute Gasteiger partial charge is 0.477 e. The minimum Gasteiger partial charge on any atom is -0.477 e. The second kappa shape index (κ2) is 7.21. The van der Waals surface area contributed by atoms with Gasteiger partial charge in [0, 0.05) is 38.9 Å². The summed E-state index contributed by atoms with van der Waals surface area (Å²) in [5.41, 5.74) is 0.386. The van der Waals surface area contributed by atoms with E-state index in [-0.39, 0.29) is 5.91 Å². The molecule has 1 saturated heterocycles. The number of nitrogens with zero attached hydrogens (tertiary/aromatic N) is 4. The lowest BCUT2D eigenvalue weighted by atomic mass is 10.3. The molecule has 1 fully saturated rings. The van der Waals surface area contributed by atoms with Gasteiger partial charge < -0.3 is 19.9 Å². The average Bonchev–Trinajstić information content (AvgIpc) is 2.48. The van der Waals surface area contributed by atoms with Gasteiger partial charge in [-0.15, -0.1) is 0 Å². The van der Waals surface area contributed by atoms with Crippen molar-refractivity contribution in [3.05, 3.63) is 11.8 Å². The van der Waals surface area contributed by atoms with E-state index >= 15 is 0 Å². The van der Waals surface area contributed by atoms with E-state index in [0.717, 1.165) is 26.2 Å². The number of carbonyl (C=O) groups excluding carboxylic acids is 1. The Morgan fingerprint density at radius 2 is 2.05 bits per heavy atom. The molecule has 1 aliphatic rings. The molecule has 0 saturated carbocycles. The van der Waals surface area contributed by atoms with Crippen molar-refractivity contribution in [3.8, 4) is 5.88 Å². The van der Waals surface area contributed by atoms with Crippen molar-refractivity contribution < 1.29 is 9.53 Å². The van der Waals surface area contributed by atoms with Crippen molar-refractivity contribution in [2.24, 2.45) is 0 Å². The molecule has 0 aromatic carbocycles. The van der Waals surface area contributed by atoms with Gasteiger partial charge in [-0.05, 0) is 20.9 Å². The van der Waals surface area contributed by atoms with Crippen LogP contribution in [0, 0.1) is 0 Å². The van der Waals surface area contributed by atoms with E-state index in [9.17, 15) is 4.79 Å². The third kappa shape index (κ3) is 3.81. The van der Waals surface area contributed by atoms with Crippen molar-refractivity contribution in [2.75, 3.05) is 51.3 Å². The van der Waals surface area contributed by atoms with Crippen LogP contribution in [0.25, 0.3) is 0 Å². The van der Waals surface area contributed by atoms with Gasteiger partial charge in [-0.1, -0.05) is 0 Å². The Labute approximate surface area is 125 Å². The molecule has 0 radical (unpaired) electrons. The zero-order valence-corrected chi connectivity index (χ0v) is 12.9. The highest BCUT2D eigenvalue weighted by Crippen LogP contribution is 2.19. The number of nitrogens with one attached hydrogen (secondary N) is 1. The first-order chi connectivity index (χ1) is 10.2. The minimum atomic E-state index is -0.203. The second-order valence-electron chi connectivity index (χ2n) is 4.97. The van der Waals surface area contributed by atoms with Gasteiger partial charge in [0.15, 0.2) is 0 Å². The fraction of sp³-hybridized carbons (Fsp3) is 0.643. The summed E-state index contributed by atoms with van der Waals surface area (Å²) >= 11 is 0. The van der Waals surface area contributed by atoms with Gasteiger partial charge in [0.2, 0.25) is 11.8 Å². The molecule has 116 valence electrons. The van der Waals surface area contributed by atoms with Crippen LogP contribution in [0.5, 0.6) is 5.88 Å². The number of anilines is 1. The third-order valence-electron chi connectivity index (χ3n) is 3.39. The van der Waals surface area contributed by atoms with Crippen LogP contribution in [0.2, 0.25) is 0 Å². The molecule has 1 N–H and O–H groups in total. The summed E-state index contributed by atoms with van der Waals surface area (Å²) in [6, 6.07) is 0. The van der Waals surface area contributed by atoms with Crippen LogP contribution >= 0.6 is 0 Å². The number of hydrogen-bond acceptors (Lipinski definition) is 6. The molecule has 2 rings (SSSR count). The zero-order chi connectivity index (χ0) is 15.2. The predicted molar refractivity (Wildman–Crippen MR) is 80.9 cm³/mol. The van der Waals surface area contributed by atoms with E-state index in [1.807, 2.05) is 13.8 Å². The minimum absolute atomic E-state index is 0.203. The molecule has 1 aliphatic heterocycles. The third-order valence-corrected chi connectivity index (χ3v) is 3.39. The molecule has 21 heavy (non-hydrogen) atoms. The van der Waals surface area contributed by atoms with Gasteiger partial charge in [0.1, 0.15) is 5.56 Å². The summed E-state index contributed by atoms with van der Waals surface area (Å²) in [5, 5.41) is 2.75. The van der Waals surface area contributed by atoms with Crippen molar-refractivity contribution in [1.82, 2.24) is 20.2 Å². The SMILES string of the molecule is CCNC(=O)c1cnc(N2CCN(C)CC2)nc1OCC. The molecular weight excluding hydrogens is 270 g/mol. The number of hydrogen-bond donors (Lipinski definition) is 1. The molecule has 1 amide bonds. The topological polar surface area (TPSA) is 70.6 Å². The van der Waals surface area contributed by atoms with Gasteiger partial charge >= 0.3 is 0 Å². The Balaban J connectivity index is 2.21. The van der Waals surface area contributed by atoms with Crippen LogP contribution in [0.3, 0.4) is 0 Å². The average molecular weight is 293 g/mol. The summed E-state index contributed by atoms with van der Waals surface area (Å²) in [7, 11) is 2.10. The Morgan fingerprint density at radius 3 is 2.67 bits per heavy atom. The summed E-state index contributed by atoms with van der Waals surface area (Å²) in [6.45, 7) is 8.48. The Hall–Kier alpha value is -1.89. The first kappa shape index (κ1) is 15.5. The lowest BCUT2D eigenvalue weighted by molar-refractivity contribution is 0.0950. The standard InChI is InChI=1S/C14H23N5O2/c1-4-15-12(20)11-10-16-14(17-13(11)21-5-2)19-8-6-18(3)7-9-19/h10H,4-9H2,1-3H3,(H,15,20). The smallest absolute Gasteiger partial charge is 0.258 e. The predicted octanol–water partition coefficient (Wildman–Crippen LogP) is 0.377. The van der Waals surface area contributed by atoms with Crippen LogP contribution in [-0.2, 0) is 0 Å². The fourth-order valence-corrected chi connectivity index (χ4v) is 2.17. The van der Waals surface area contributed by atoms with Crippen LogP contribution in [-0.4, -0.2) is 67.2 Å². The van der Waals surface area contributed by atoms with Gasteiger partial charge in [0.25, 0.3) is 5.91 Å². The van der Waals surface area contributed by atoms with E-state index in [1.54, 1.807) is 6.20 Å². The summed E-state index contributed by atoms with van der Waals surface area (Å²) in [4.78, 5) is 25.1. The van der Waals surface area contributed by atoms with Crippen LogP contribution < -0.4 is 15.0 Å². The molecule has 0 unspecified atom stereocenters. The molecule has 0 bridgehead atoms. The fourth-order valence-electron chi connectivity index (χ4n) is 2.17. The van der Waals surface area contributed by atoms with Gasteiger partial charge in [-0.2, -0.15) is 4.98 Å². The van der Waals surface area contributed by atoms with Gasteiger partial charge in [0.05, 0.1) is 6.61 Å². The number of aromatic nitrogens is 2. The number of likely N-dealkylation sites (N-methyl/N-ethyl adjacent to an activating group) is 1. The lowest BCUT2D eigenvalue weighted by Crippen LogP contribution is -2.45. The number of rotatable bonds is 5. The highest BCUT2D eigenvalue weighted by molar-refractivity contribution is 5.96. The van der Waals surface area contributed by atoms with E-state index in [1.165, 1.54) is 0 Å². The van der Waals surface area contributed by atoms with Crippen molar-refractivity contribution in [3.63, 3.8) is 0 Å². The molecule has 7 nitrogen and oxygen atoms in total. The Kier molecular flexibility index (Phi) is 5.32. The van der Waals surface area contributed by atoms with Crippen LogP contribution in [0.15, 0.2) is 6.20 Å².